The maximum Gasteiger partial charge on any atom is 0.127 e. The number of hydrogen-bond acceptors (Lipinski definition) is 2. The average Bonchev–Trinajstić information content (AvgIpc) is 2.88. The first kappa shape index (κ1) is 15.8. The Bertz CT molecular complexity index is 784. The number of aromatic nitrogens is 2. The standard InChI is InChI=1S/C20H25N3/c1-14(2)12-17(21)20-22-18-6-4-5-7-19(18)23(20)13-16-10-8-15(3)9-11-16/h4-11,14,17H,12-13,21H2,1-3H3. The maximum absolute atomic E-state index is 6.46. The predicted molar refractivity (Wildman–Crippen MR) is 96.4 cm³/mol. The van der Waals surface area contributed by atoms with E-state index in [-0.39, 0.29) is 6.04 Å². The molecule has 3 rings (SSSR count). The molecule has 0 aliphatic carbocycles. The molecule has 0 amide bonds. The van der Waals surface area contributed by atoms with Crippen LogP contribution in [0.4, 0.5) is 0 Å². The summed E-state index contributed by atoms with van der Waals surface area (Å²) < 4.78 is 2.27. The van der Waals surface area contributed by atoms with Crippen molar-refractivity contribution in [1.82, 2.24) is 9.55 Å². The summed E-state index contributed by atoms with van der Waals surface area (Å²) in [7, 11) is 0. The van der Waals surface area contributed by atoms with Gasteiger partial charge in [-0.3, -0.25) is 0 Å². The quantitative estimate of drug-likeness (QED) is 0.757. The molecule has 1 heterocycles. The average molecular weight is 307 g/mol. The van der Waals surface area contributed by atoms with E-state index in [0.717, 1.165) is 29.8 Å². The molecule has 3 heteroatoms. The highest BCUT2D eigenvalue weighted by Crippen LogP contribution is 2.24. The van der Waals surface area contributed by atoms with Gasteiger partial charge in [-0.05, 0) is 37.0 Å². The van der Waals surface area contributed by atoms with Gasteiger partial charge in [-0.15, -0.1) is 0 Å². The fraction of sp³-hybridized carbons (Fsp3) is 0.350. The van der Waals surface area contributed by atoms with Crippen molar-refractivity contribution in [3.63, 3.8) is 0 Å². The van der Waals surface area contributed by atoms with Crippen LogP contribution in [0.25, 0.3) is 11.0 Å². The summed E-state index contributed by atoms with van der Waals surface area (Å²) >= 11 is 0. The van der Waals surface area contributed by atoms with E-state index in [1.165, 1.54) is 11.1 Å². The summed E-state index contributed by atoms with van der Waals surface area (Å²) in [6.45, 7) is 7.32. The zero-order chi connectivity index (χ0) is 16.4. The smallest absolute Gasteiger partial charge is 0.127 e. The van der Waals surface area contributed by atoms with Gasteiger partial charge in [-0.25, -0.2) is 4.98 Å². The van der Waals surface area contributed by atoms with Crippen LogP contribution in [0.15, 0.2) is 48.5 Å². The normalized spacial score (nSPS) is 12.9. The van der Waals surface area contributed by atoms with E-state index in [9.17, 15) is 0 Å². The van der Waals surface area contributed by atoms with E-state index in [1.54, 1.807) is 0 Å². The first-order valence-electron chi connectivity index (χ1n) is 8.31. The van der Waals surface area contributed by atoms with E-state index in [1.807, 2.05) is 6.07 Å². The van der Waals surface area contributed by atoms with Gasteiger partial charge in [0.15, 0.2) is 0 Å². The second kappa shape index (κ2) is 6.55. The Kier molecular flexibility index (Phi) is 4.49. The summed E-state index contributed by atoms with van der Waals surface area (Å²) in [4.78, 5) is 4.82. The van der Waals surface area contributed by atoms with Gasteiger partial charge in [-0.2, -0.15) is 0 Å². The van der Waals surface area contributed by atoms with Gasteiger partial charge in [0.2, 0.25) is 0 Å². The van der Waals surface area contributed by atoms with Gasteiger partial charge in [0.25, 0.3) is 0 Å². The number of para-hydroxylation sites is 2. The molecule has 2 aromatic carbocycles. The van der Waals surface area contributed by atoms with Gasteiger partial charge in [0, 0.05) is 6.54 Å². The molecule has 0 spiro atoms. The van der Waals surface area contributed by atoms with Crippen molar-refractivity contribution in [1.29, 1.82) is 0 Å². The first-order chi connectivity index (χ1) is 11.0. The second-order valence-corrected chi connectivity index (χ2v) is 6.77. The SMILES string of the molecule is Cc1ccc(Cn2c(C(N)CC(C)C)nc3ccccc32)cc1. The van der Waals surface area contributed by atoms with Gasteiger partial charge in [0.1, 0.15) is 5.82 Å². The number of imidazole rings is 1. The minimum Gasteiger partial charge on any atom is -0.322 e. The van der Waals surface area contributed by atoms with Crippen LogP contribution in [0.1, 0.15) is 43.3 Å². The third-order valence-corrected chi connectivity index (χ3v) is 4.20. The van der Waals surface area contributed by atoms with Crippen molar-refractivity contribution in [2.24, 2.45) is 11.7 Å². The molecule has 0 fully saturated rings. The monoisotopic (exact) mass is 307 g/mol. The Hall–Kier alpha value is -2.13. The minimum atomic E-state index is -0.0344. The topological polar surface area (TPSA) is 43.8 Å². The van der Waals surface area contributed by atoms with Gasteiger partial charge in [-0.1, -0.05) is 55.8 Å². The molecular weight excluding hydrogens is 282 g/mol. The predicted octanol–water partition coefficient (Wildman–Crippen LogP) is 4.44. The van der Waals surface area contributed by atoms with Crippen LogP contribution in [0, 0.1) is 12.8 Å². The number of aryl methyl sites for hydroxylation is 1. The highest BCUT2D eigenvalue weighted by atomic mass is 15.1. The zero-order valence-corrected chi connectivity index (χ0v) is 14.2. The second-order valence-electron chi connectivity index (χ2n) is 6.77. The highest BCUT2D eigenvalue weighted by molar-refractivity contribution is 5.76. The third kappa shape index (κ3) is 3.45. The lowest BCUT2D eigenvalue weighted by Crippen LogP contribution is -2.19. The number of hydrogen-bond donors (Lipinski definition) is 1. The van der Waals surface area contributed by atoms with Gasteiger partial charge < -0.3 is 10.3 Å². The third-order valence-electron chi connectivity index (χ3n) is 4.20. The van der Waals surface area contributed by atoms with E-state index >= 15 is 0 Å². The summed E-state index contributed by atoms with van der Waals surface area (Å²) in [5, 5.41) is 0. The van der Waals surface area contributed by atoms with Crippen LogP contribution in [0.5, 0.6) is 0 Å². The number of rotatable bonds is 5. The highest BCUT2D eigenvalue weighted by Gasteiger charge is 2.18. The summed E-state index contributed by atoms with van der Waals surface area (Å²) in [5.74, 6) is 1.54. The molecule has 1 aromatic heterocycles. The lowest BCUT2D eigenvalue weighted by atomic mass is 10.0. The van der Waals surface area contributed by atoms with E-state index < -0.39 is 0 Å². The molecule has 0 radical (unpaired) electrons. The first-order valence-corrected chi connectivity index (χ1v) is 8.31. The molecular formula is C20H25N3. The molecule has 1 atom stereocenters. The zero-order valence-electron chi connectivity index (χ0n) is 14.2. The molecule has 0 saturated carbocycles. The van der Waals surface area contributed by atoms with Crippen LogP contribution >= 0.6 is 0 Å². The molecule has 23 heavy (non-hydrogen) atoms. The fourth-order valence-corrected chi connectivity index (χ4v) is 3.03. The Morgan fingerprint density at radius 2 is 1.74 bits per heavy atom. The largest absolute Gasteiger partial charge is 0.322 e. The van der Waals surface area contributed by atoms with Crippen molar-refractivity contribution >= 4 is 11.0 Å². The Labute approximate surface area is 138 Å². The van der Waals surface area contributed by atoms with Crippen LogP contribution in [-0.4, -0.2) is 9.55 Å². The van der Waals surface area contributed by atoms with Crippen molar-refractivity contribution in [3.05, 3.63) is 65.5 Å². The van der Waals surface area contributed by atoms with Crippen LogP contribution < -0.4 is 5.73 Å². The summed E-state index contributed by atoms with van der Waals surface area (Å²) in [6.07, 6.45) is 0.942. The number of nitrogens with two attached hydrogens (primary N) is 1. The van der Waals surface area contributed by atoms with E-state index in [2.05, 4.69) is 67.8 Å². The van der Waals surface area contributed by atoms with E-state index in [4.69, 9.17) is 10.7 Å². The summed E-state index contributed by atoms with van der Waals surface area (Å²) in [5.41, 5.74) is 11.2. The molecule has 3 nitrogen and oxygen atoms in total. The molecule has 1 unspecified atom stereocenters. The molecule has 120 valence electrons. The molecule has 0 aliphatic rings. The lowest BCUT2D eigenvalue weighted by Gasteiger charge is -2.16. The summed E-state index contributed by atoms with van der Waals surface area (Å²) in [6, 6.07) is 16.9. The minimum absolute atomic E-state index is 0.0344. The lowest BCUT2D eigenvalue weighted by molar-refractivity contribution is 0.481. The number of benzene rings is 2. The molecule has 0 bridgehead atoms. The molecule has 0 saturated heterocycles. The van der Waals surface area contributed by atoms with Crippen molar-refractivity contribution in [2.75, 3.05) is 0 Å². The molecule has 3 aromatic rings. The van der Waals surface area contributed by atoms with Crippen molar-refractivity contribution in [3.8, 4) is 0 Å². The molecule has 0 aliphatic heterocycles. The van der Waals surface area contributed by atoms with Crippen molar-refractivity contribution in [2.45, 2.75) is 39.8 Å². The maximum atomic E-state index is 6.46. The van der Waals surface area contributed by atoms with Gasteiger partial charge in [0.05, 0.1) is 17.1 Å². The van der Waals surface area contributed by atoms with Crippen LogP contribution in [0.3, 0.4) is 0 Å². The Morgan fingerprint density at radius 1 is 1.04 bits per heavy atom. The number of nitrogens with zero attached hydrogens (tertiary/aromatic N) is 2. The Balaban J connectivity index is 2.03. The van der Waals surface area contributed by atoms with E-state index in [0.29, 0.717) is 5.92 Å². The van der Waals surface area contributed by atoms with Crippen LogP contribution in [-0.2, 0) is 6.54 Å². The van der Waals surface area contributed by atoms with Crippen molar-refractivity contribution < 1.29 is 0 Å². The molecule has 2 N–H and O–H groups in total. The Morgan fingerprint density at radius 3 is 2.43 bits per heavy atom. The number of fused-ring (bicyclic) bond motifs is 1. The van der Waals surface area contributed by atoms with Crippen LogP contribution in [0.2, 0.25) is 0 Å². The fourth-order valence-electron chi connectivity index (χ4n) is 3.03. The van der Waals surface area contributed by atoms with Gasteiger partial charge >= 0.3 is 0 Å².